The standard InChI is InChI=1S/C21H25N3O3/c1-4-13-27-19-8-6-5-7-18(19)22-14-20(25)23-16-9-11-17(12-10-16)24-21(26)15(2)3/h4-12,15,22H,1,13-14H2,2-3H3,(H,23,25)(H,24,26). The third kappa shape index (κ3) is 6.51. The summed E-state index contributed by atoms with van der Waals surface area (Å²) >= 11 is 0. The molecule has 0 bridgehead atoms. The number of hydrogen-bond acceptors (Lipinski definition) is 4. The number of carbonyl (C=O) groups excluding carboxylic acids is 2. The van der Waals surface area contributed by atoms with Crippen molar-refractivity contribution < 1.29 is 14.3 Å². The molecule has 0 unspecified atom stereocenters. The molecule has 0 atom stereocenters. The van der Waals surface area contributed by atoms with Gasteiger partial charge >= 0.3 is 0 Å². The van der Waals surface area contributed by atoms with Crippen LogP contribution in [0.3, 0.4) is 0 Å². The van der Waals surface area contributed by atoms with Crippen molar-refractivity contribution in [3.8, 4) is 5.75 Å². The molecule has 0 radical (unpaired) electrons. The van der Waals surface area contributed by atoms with Crippen molar-refractivity contribution in [1.82, 2.24) is 0 Å². The van der Waals surface area contributed by atoms with Gasteiger partial charge in [-0.15, -0.1) is 0 Å². The van der Waals surface area contributed by atoms with Crippen LogP contribution >= 0.6 is 0 Å². The predicted octanol–water partition coefficient (Wildman–Crippen LogP) is 3.90. The van der Waals surface area contributed by atoms with Crippen LogP contribution in [0.25, 0.3) is 0 Å². The highest BCUT2D eigenvalue weighted by Gasteiger charge is 2.08. The van der Waals surface area contributed by atoms with Crippen LogP contribution in [0.5, 0.6) is 5.75 Å². The fourth-order valence-corrected chi connectivity index (χ4v) is 2.19. The van der Waals surface area contributed by atoms with Crippen molar-refractivity contribution >= 4 is 28.9 Å². The first-order valence-corrected chi connectivity index (χ1v) is 8.77. The fourth-order valence-electron chi connectivity index (χ4n) is 2.19. The van der Waals surface area contributed by atoms with Gasteiger partial charge in [-0.2, -0.15) is 0 Å². The summed E-state index contributed by atoms with van der Waals surface area (Å²) in [7, 11) is 0. The van der Waals surface area contributed by atoms with Crippen molar-refractivity contribution in [2.45, 2.75) is 13.8 Å². The summed E-state index contributed by atoms with van der Waals surface area (Å²) in [4.78, 5) is 23.8. The Morgan fingerprint density at radius 3 is 2.30 bits per heavy atom. The fraction of sp³-hybridized carbons (Fsp3) is 0.238. The molecular weight excluding hydrogens is 342 g/mol. The summed E-state index contributed by atoms with van der Waals surface area (Å²) in [5.74, 6) is 0.338. The summed E-state index contributed by atoms with van der Waals surface area (Å²) in [6.45, 7) is 7.78. The number of carbonyl (C=O) groups is 2. The minimum Gasteiger partial charge on any atom is -0.487 e. The van der Waals surface area contributed by atoms with Gasteiger partial charge in [-0.25, -0.2) is 0 Å². The van der Waals surface area contributed by atoms with E-state index in [-0.39, 0.29) is 24.3 Å². The van der Waals surface area contributed by atoms with E-state index >= 15 is 0 Å². The highest BCUT2D eigenvalue weighted by atomic mass is 16.5. The summed E-state index contributed by atoms with van der Waals surface area (Å²) in [6, 6.07) is 14.4. The normalized spacial score (nSPS) is 10.2. The van der Waals surface area contributed by atoms with Gasteiger partial charge in [0.25, 0.3) is 0 Å². The zero-order chi connectivity index (χ0) is 19.6. The zero-order valence-electron chi connectivity index (χ0n) is 15.6. The zero-order valence-corrected chi connectivity index (χ0v) is 15.6. The van der Waals surface area contributed by atoms with E-state index in [9.17, 15) is 9.59 Å². The quantitative estimate of drug-likeness (QED) is 0.587. The van der Waals surface area contributed by atoms with Crippen molar-refractivity contribution in [2.24, 2.45) is 5.92 Å². The topological polar surface area (TPSA) is 79.5 Å². The average molecular weight is 367 g/mol. The molecule has 0 aliphatic rings. The third-order valence-electron chi connectivity index (χ3n) is 3.64. The summed E-state index contributed by atoms with van der Waals surface area (Å²) in [5.41, 5.74) is 2.08. The molecule has 6 heteroatoms. The number of ether oxygens (including phenoxy) is 1. The van der Waals surface area contributed by atoms with Gasteiger partial charge in [-0.1, -0.05) is 38.6 Å². The highest BCUT2D eigenvalue weighted by molar-refractivity contribution is 5.95. The Morgan fingerprint density at radius 2 is 1.67 bits per heavy atom. The van der Waals surface area contributed by atoms with Crippen molar-refractivity contribution in [1.29, 1.82) is 0 Å². The van der Waals surface area contributed by atoms with Crippen molar-refractivity contribution in [3.05, 3.63) is 61.2 Å². The first kappa shape index (κ1) is 20.0. The van der Waals surface area contributed by atoms with Crippen molar-refractivity contribution in [3.63, 3.8) is 0 Å². The van der Waals surface area contributed by atoms with Crippen molar-refractivity contribution in [2.75, 3.05) is 29.1 Å². The Bertz CT molecular complexity index is 786. The summed E-state index contributed by atoms with van der Waals surface area (Å²) in [5, 5.41) is 8.68. The lowest BCUT2D eigenvalue weighted by Gasteiger charge is -2.12. The van der Waals surface area contributed by atoms with Crippen LogP contribution in [-0.2, 0) is 9.59 Å². The molecule has 0 fully saturated rings. The van der Waals surface area contributed by atoms with E-state index in [0.717, 1.165) is 5.69 Å². The second-order valence-corrected chi connectivity index (χ2v) is 6.22. The number of rotatable bonds is 9. The Morgan fingerprint density at radius 1 is 1.04 bits per heavy atom. The second-order valence-electron chi connectivity index (χ2n) is 6.22. The van der Waals surface area contributed by atoms with Gasteiger partial charge in [0, 0.05) is 17.3 Å². The van der Waals surface area contributed by atoms with E-state index in [1.807, 2.05) is 38.1 Å². The van der Waals surface area contributed by atoms with Gasteiger partial charge in [0.15, 0.2) is 0 Å². The Labute approximate surface area is 159 Å². The van der Waals surface area contributed by atoms with Gasteiger partial charge < -0.3 is 20.7 Å². The van der Waals surface area contributed by atoms with E-state index in [4.69, 9.17) is 4.74 Å². The molecule has 0 aromatic heterocycles. The van der Waals surface area contributed by atoms with Crippen LogP contribution in [0.1, 0.15) is 13.8 Å². The number of anilines is 3. The summed E-state index contributed by atoms with van der Waals surface area (Å²) in [6.07, 6.45) is 1.66. The Balaban J connectivity index is 1.87. The van der Waals surface area contributed by atoms with Gasteiger partial charge in [-0.05, 0) is 36.4 Å². The van der Waals surface area contributed by atoms with E-state index in [2.05, 4.69) is 22.5 Å². The predicted molar refractivity (Wildman–Crippen MR) is 109 cm³/mol. The molecule has 2 aromatic carbocycles. The third-order valence-corrected chi connectivity index (χ3v) is 3.64. The summed E-state index contributed by atoms with van der Waals surface area (Å²) < 4.78 is 5.55. The maximum absolute atomic E-state index is 12.2. The molecule has 0 spiro atoms. The number of nitrogens with one attached hydrogen (secondary N) is 3. The monoisotopic (exact) mass is 367 g/mol. The highest BCUT2D eigenvalue weighted by Crippen LogP contribution is 2.23. The maximum Gasteiger partial charge on any atom is 0.243 e. The first-order chi connectivity index (χ1) is 13.0. The molecule has 0 saturated carbocycles. The van der Waals surface area contributed by atoms with E-state index in [1.54, 1.807) is 30.3 Å². The molecule has 0 saturated heterocycles. The van der Waals surface area contributed by atoms with Crippen LogP contribution < -0.4 is 20.7 Å². The van der Waals surface area contributed by atoms with E-state index in [1.165, 1.54) is 0 Å². The lowest BCUT2D eigenvalue weighted by molar-refractivity contribution is -0.119. The van der Waals surface area contributed by atoms with Crippen LogP contribution in [0.2, 0.25) is 0 Å². The number of para-hydroxylation sites is 2. The van der Waals surface area contributed by atoms with Crippen LogP contribution in [-0.4, -0.2) is 25.0 Å². The number of hydrogen-bond donors (Lipinski definition) is 3. The molecular formula is C21H25N3O3. The first-order valence-electron chi connectivity index (χ1n) is 8.77. The van der Waals surface area contributed by atoms with Gasteiger partial charge in [-0.3, -0.25) is 9.59 Å². The number of amides is 2. The average Bonchev–Trinajstić information content (AvgIpc) is 2.66. The smallest absolute Gasteiger partial charge is 0.243 e. The van der Waals surface area contributed by atoms with Gasteiger partial charge in [0.1, 0.15) is 12.4 Å². The lowest BCUT2D eigenvalue weighted by atomic mass is 10.2. The van der Waals surface area contributed by atoms with Crippen LogP contribution in [0, 0.1) is 5.92 Å². The lowest BCUT2D eigenvalue weighted by Crippen LogP contribution is -2.22. The molecule has 2 amide bonds. The molecule has 0 aliphatic carbocycles. The van der Waals surface area contributed by atoms with Crippen LogP contribution in [0.4, 0.5) is 17.1 Å². The second kappa shape index (κ2) is 10.0. The Kier molecular flexibility index (Phi) is 7.43. The largest absolute Gasteiger partial charge is 0.487 e. The van der Waals surface area contributed by atoms with E-state index in [0.29, 0.717) is 23.7 Å². The SMILES string of the molecule is C=CCOc1ccccc1NCC(=O)Nc1ccc(NC(=O)C(C)C)cc1. The maximum atomic E-state index is 12.2. The minimum absolute atomic E-state index is 0.0478. The molecule has 2 aromatic rings. The van der Waals surface area contributed by atoms with E-state index < -0.39 is 0 Å². The van der Waals surface area contributed by atoms with Gasteiger partial charge in [0.2, 0.25) is 11.8 Å². The molecule has 6 nitrogen and oxygen atoms in total. The number of benzene rings is 2. The molecule has 142 valence electrons. The molecule has 2 rings (SSSR count). The van der Waals surface area contributed by atoms with Crippen LogP contribution in [0.15, 0.2) is 61.2 Å². The molecule has 0 heterocycles. The molecule has 3 N–H and O–H groups in total. The van der Waals surface area contributed by atoms with Gasteiger partial charge in [0.05, 0.1) is 12.2 Å². The Hall–Kier alpha value is -3.28. The molecule has 0 aliphatic heterocycles. The molecule has 27 heavy (non-hydrogen) atoms. The minimum atomic E-state index is -0.188.